The molecule has 1 aliphatic rings. The first-order valence-corrected chi connectivity index (χ1v) is 3.61. The maximum Gasteiger partial charge on any atom is 0.326 e. The van der Waals surface area contributed by atoms with Crippen molar-refractivity contribution in [3.8, 4) is 0 Å². The van der Waals surface area contributed by atoms with Gasteiger partial charge in [-0.1, -0.05) is 6.92 Å². The topological polar surface area (TPSA) is 66.4 Å². The Labute approximate surface area is 64.6 Å². The number of amides is 1. The Hall–Kier alpha value is -1.06. The molecular weight excluding hydrogens is 146 g/mol. The summed E-state index contributed by atoms with van der Waals surface area (Å²) in [5.74, 6) is -0.911. The van der Waals surface area contributed by atoms with Crippen LogP contribution in [0.3, 0.4) is 0 Å². The molecule has 0 aromatic carbocycles. The molecule has 0 radical (unpaired) electrons. The van der Waals surface area contributed by atoms with Gasteiger partial charge in [-0.25, -0.2) is 4.79 Å². The average molecular weight is 157 g/mol. The third kappa shape index (κ3) is 1.93. The minimum Gasteiger partial charge on any atom is -0.480 e. The Morgan fingerprint density at radius 3 is 2.82 bits per heavy atom. The SMILES string of the molecule is CC1CC(=O)NC(C(=O)O)C1. The van der Waals surface area contributed by atoms with Crippen molar-refractivity contribution in [2.45, 2.75) is 25.8 Å². The quantitative estimate of drug-likeness (QED) is 0.562. The van der Waals surface area contributed by atoms with Crippen LogP contribution >= 0.6 is 0 Å². The molecule has 11 heavy (non-hydrogen) atoms. The second-order valence-electron chi connectivity index (χ2n) is 3.00. The number of nitrogens with one attached hydrogen (secondary N) is 1. The lowest BCUT2D eigenvalue weighted by molar-refractivity contribution is -0.144. The van der Waals surface area contributed by atoms with Crippen molar-refractivity contribution in [2.24, 2.45) is 5.92 Å². The fourth-order valence-electron chi connectivity index (χ4n) is 1.28. The standard InChI is InChI=1S/C7H11NO3/c1-4-2-5(7(10)11)8-6(9)3-4/h4-5H,2-3H2,1H3,(H,8,9)(H,10,11). The molecule has 0 bridgehead atoms. The first kappa shape index (κ1) is 8.04. The van der Waals surface area contributed by atoms with E-state index in [1.54, 1.807) is 0 Å². The van der Waals surface area contributed by atoms with Crippen LogP contribution in [0.15, 0.2) is 0 Å². The van der Waals surface area contributed by atoms with Gasteiger partial charge < -0.3 is 10.4 Å². The summed E-state index contributed by atoms with van der Waals surface area (Å²) in [5.41, 5.74) is 0. The van der Waals surface area contributed by atoms with Crippen LogP contribution in [0.25, 0.3) is 0 Å². The van der Waals surface area contributed by atoms with Crippen molar-refractivity contribution < 1.29 is 14.7 Å². The lowest BCUT2D eigenvalue weighted by Gasteiger charge is -2.24. The van der Waals surface area contributed by atoms with Crippen LogP contribution in [0.2, 0.25) is 0 Å². The average Bonchev–Trinajstić information content (AvgIpc) is 1.85. The van der Waals surface area contributed by atoms with Gasteiger partial charge in [-0.05, 0) is 12.3 Å². The second kappa shape index (κ2) is 2.90. The van der Waals surface area contributed by atoms with Crippen LogP contribution in [0.4, 0.5) is 0 Å². The highest BCUT2D eigenvalue weighted by atomic mass is 16.4. The molecule has 1 heterocycles. The van der Waals surface area contributed by atoms with Crippen molar-refractivity contribution in [2.75, 3.05) is 0 Å². The van der Waals surface area contributed by atoms with Gasteiger partial charge in [0.25, 0.3) is 0 Å². The van der Waals surface area contributed by atoms with E-state index >= 15 is 0 Å². The number of piperidine rings is 1. The van der Waals surface area contributed by atoms with E-state index in [9.17, 15) is 9.59 Å². The van der Waals surface area contributed by atoms with E-state index in [0.29, 0.717) is 12.8 Å². The molecule has 0 saturated carbocycles. The minimum absolute atomic E-state index is 0.156. The second-order valence-corrected chi connectivity index (χ2v) is 3.00. The van der Waals surface area contributed by atoms with Crippen LogP contribution in [0, 0.1) is 5.92 Å². The van der Waals surface area contributed by atoms with Crippen molar-refractivity contribution in [3.63, 3.8) is 0 Å². The molecule has 4 heteroatoms. The van der Waals surface area contributed by atoms with Crippen LogP contribution in [-0.4, -0.2) is 23.0 Å². The van der Waals surface area contributed by atoms with Gasteiger partial charge in [0.2, 0.25) is 5.91 Å². The highest BCUT2D eigenvalue weighted by Crippen LogP contribution is 2.15. The fraction of sp³-hybridized carbons (Fsp3) is 0.714. The van der Waals surface area contributed by atoms with Crippen LogP contribution in [0.5, 0.6) is 0 Å². The third-order valence-corrected chi connectivity index (χ3v) is 1.81. The zero-order chi connectivity index (χ0) is 8.43. The summed E-state index contributed by atoms with van der Waals surface area (Å²) in [6.07, 6.45) is 0.991. The van der Waals surface area contributed by atoms with Gasteiger partial charge in [0, 0.05) is 6.42 Å². The number of rotatable bonds is 1. The number of carboxylic acids is 1. The van der Waals surface area contributed by atoms with E-state index in [1.165, 1.54) is 0 Å². The summed E-state index contributed by atoms with van der Waals surface area (Å²) >= 11 is 0. The van der Waals surface area contributed by atoms with Gasteiger partial charge in [0.05, 0.1) is 0 Å². The first-order valence-electron chi connectivity index (χ1n) is 3.61. The molecule has 2 unspecified atom stereocenters. The molecule has 1 saturated heterocycles. The smallest absolute Gasteiger partial charge is 0.326 e. The normalized spacial score (nSPS) is 31.2. The van der Waals surface area contributed by atoms with E-state index in [4.69, 9.17) is 5.11 Å². The zero-order valence-electron chi connectivity index (χ0n) is 6.33. The maximum atomic E-state index is 10.8. The fourth-order valence-corrected chi connectivity index (χ4v) is 1.28. The molecule has 2 atom stereocenters. The predicted molar refractivity (Wildman–Crippen MR) is 38.0 cm³/mol. The summed E-state index contributed by atoms with van der Waals surface area (Å²) in [4.78, 5) is 21.2. The Morgan fingerprint density at radius 2 is 2.36 bits per heavy atom. The first-order chi connectivity index (χ1) is 5.09. The molecule has 0 aromatic rings. The number of carbonyl (C=O) groups is 2. The number of carboxylic acid groups (broad SMARTS) is 1. The van der Waals surface area contributed by atoms with Gasteiger partial charge in [0.1, 0.15) is 6.04 Å². The monoisotopic (exact) mass is 157 g/mol. The number of hydrogen-bond donors (Lipinski definition) is 2. The summed E-state index contributed by atoms with van der Waals surface area (Å²) in [6, 6.07) is -0.675. The van der Waals surface area contributed by atoms with Crippen LogP contribution < -0.4 is 5.32 Å². The molecule has 4 nitrogen and oxygen atoms in total. The van der Waals surface area contributed by atoms with Crippen LogP contribution in [-0.2, 0) is 9.59 Å². The Balaban J connectivity index is 2.56. The largest absolute Gasteiger partial charge is 0.480 e. The molecule has 2 N–H and O–H groups in total. The molecule has 1 rings (SSSR count). The van der Waals surface area contributed by atoms with Crippen molar-refractivity contribution in [1.82, 2.24) is 5.32 Å². The van der Waals surface area contributed by atoms with Crippen molar-refractivity contribution in [3.05, 3.63) is 0 Å². The number of carbonyl (C=O) groups excluding carboxylic acids is 1. The Morgan fingerprint density at radius 1 is 1.73 bits per heavy atom. The van der Waals surface area contributed by atoms with E-state index in [0.717, 1.165) is 0 Å². The highest BCUT2D eigenvalue weighted by Gasteiger charge is 2.28. The summed E-state index contributed by atoms with van der Waals surface area (Å²) in [5, 5.41) is 11.0. The summed E-state index contributed by atoms with van der Waals surface area (Å²) < 4.78 is 0. The van der Waals surface area contributed by atoms with Gasteiger partial charge in [-0.15, -0.1) is 0 Å². The predicted octanol–water partition coefficient (Wildman–Crippen LogP) is -0.0143. The molecule has 1 amide bonds. The van der Waals surface area contributed by atoms with Crippen molar-refractivity contribution in [1.29, 1.82) is 0 Å². The van der Waals surface area contributed by atoms with E-state index in [-0.39, 0.29) is 11.8 Å². The van der Waals surface area contributed by atoms with Crippen LogP contribution in [0.1, 0.15) is 19.8 Å². The Kier molecular flexibility index (Phi) is 2.12. The third-order valence-electron chi connectivity index (χ3n) is 1.81. The minimum atomic E-state index is -0.940. The number of aliphatic carboxylic acids is 1. The maximum absolute atomic E-state index is 10.8. The molecule has 0 aromatic heterocycles. The van der Waals surface area contributed by atoms with E-state index in [2.05, 4.69) is 5.32 Å². The van der Waals surface area contributed by atoms with Gasteiger partial charge in [0.15, 0.2) is 0 Å². The number of hydrogen-bond acceptors (Lipinski definition) is 2. The molecule has 0 aliphatic carbocycles. The lowest BCUT2D eigenvalue weighted by Crippen LogP contribution is -2.46. The van der Waals surface area contributed by atoms with Crippen molar-refractivity contribution >= 4 is 11.9 Å². The van der Waals surface area contributed by atoms with E-state index in [1.807, 2.05) is 6.92 Å². The Bertz CT molecular complexity index is 190. The van der Waals surface area contributed by atoms with Gasteiger partial charge in [-0.3, -0.25) is 4.79 Å². The lowest BCUT2D eigenvalue weighted by atomic mass is 9.94. The molecule has 1 fully saturated rings. The van der Waals surface area contributed by atoms with Gasteiger partial charge in [-0.2, -0.15) is 0 Å². The molecular formula is C7H11NO3. The zero-order valence-corrected chi connectivity index (χ0v) is 6.33. The molecule has 0 spiro atoms. The van der Waals surface area contributed by atoms with Gasteiger partial charge >= 0.3 is 5.97 Å². The molecule has 1 aliphatic heterocycles. The van der Waals surface area contributed by atoms with E-state index < -0.39 is 12.0 Å². The summed E-state index contributed by atoms with van der Waals surface area (Å²) in [7, 11) is 0. The summed E-state index contributed by atoms with van der Waals surface area (Å²) in [6.45, 7) is 1.88. The molecule has 62 valence electrons. The highest BCUT2D eigenvalue weighted by molar-refractivity contribution is 5.84.